The lowest BCUT2D eigenvalue weighted by atomic mass is 10.1. The van der Waals surface area contributed by atoms with Gasteiger partial charge in [0.25, 0.3) is 11.5 Å². The maximum absolute atomic E-state index is 13.1. The summed E-state index contributed by atoms with van der Waals surface area (Å²) in [6.07, 6.45) is 0. The van der Waals surface area contributed by atoms with E-state index in [-0.39, 0.29) is 11.5 Å². The van der Waals surface area contributed by atoms with Crippen molar-refractivity contribution in [2.24, 2.45) is 7.05 Å². The van der Waals surface area contributed by atoms with E-state index < -0.39 is 0 Å². The first-order valence-corrected chi connectivity index (χ1v) is 9.06. The van der Waals surface area contributed by atoms with Crippen LogP contribution in [0.1, 0.15) is 10.5 Å². The molecule has 0 saturated carbocycles. The molecule has 2 aromatic carbocycles. The molecule has 1 aliphatic rings. The lowest BCUT2D eigenvalue weighted by Gasteiger charge is -2.36. The van der Waals surface area contributed by atoms with Crippen molar-refractivity contribution in [2.45, 2.75) is 0 Å². The molecule has 3 aromatic rings. The molecule has 7 nitrogen and oxygen atoms in total. The van der Waals surface area contributed by atoms with Crippen molar-refractivity contribution in [3.63, 3.8) is 0 Å². The molecule has 0 radical (unpaired) electrons. The third-order valence-corrected chi connectivity index (χ3v) is 5.05. The second-order valence-corrected chi connectivity index (χ2v) is 6.73. The average Bonchev–Trinajstić information content (AvgIpc) is 2.76. The van der Waals surface area contributed by atoms with Gasteiger partial charge in [-0.25, -0.2) is 9.53 Å². The average molecular weight is 373 g/mol. The summed E-state index contributed by atoms with van der Waals surface area (Å²) in [5.74, 6) is -0.165. The number of benzene rings is 2. The van der Waals surface area contributed by atoms with E-state index in [0.717, 1.165) is 5.69 Å². The van der Waals surface area contributed by atoms with Crippen LogP contribution in [0.15, 0.2) is 53.3 Å². The number of fused-ring (bicyclic) bond motifs is 1. The number of hydrogen-bond acceptors (Lipinski definition) is 4. The second-order valence-electron chi connectivity index (χ2n) is 6.73. The largest absolute Gasteiger partial charge is 0.369 e. The van der Waals surface area contributed by atoms with Crippen LogP contribution in [0.2, 0.25) is 0 Å². The standard InChI is InChI=1S/C21H19N5O2/c1-22-15-6-5-7-16(14-15)25-10-12-26(13-11-25)21(28)19-17-8-3-4-9-18(17)20(27)24(2)23-19/h3-9,14H,10-13H2,2H3. The molecule has 2 heterocycles. The lowest BCUT2D eigenvalue weighted by Crippen LogP contribution is -2.49. The van der Waals surface area contributed by atoms with Crippen molar-refractivity contribution in [1.82, 2.24) is 14.7 Å². The van der Waals surface area contributed by atoms with Gasteiger partial charge in [-0.2, -0.15) is 5.10 Å². The zero-order chi connectivity index (χ0) is 19.7. The van der Waals surface area contributed by atoms with Crippen LogP contribution in [0.25, 0.3) is 15.6 Å². The van der Waals surface area contributed by atoms with Crippen molar-refractivity contribution in [3.05, 3.63) is 76.0 Å². The van der Waals surface area contributed by atoms with Crippen LogP contribution in [0.4, 0.5) is 11.4 Å². The summed E-state index contributed by atoms with van der Waals surface area (Å²) >= 11 is 0. The quantitative estimate of drug-likeness (QED) is 0.648. The molecule has 0 atom stereocenters. The van der Waals surface area contributed by atoms with Crippen LogP contribution < -0.4 is 10.5 Å². The Hall–Kier alpha value is -3.66. The first kappa shape index (κ1) is 17.7. The summed E-state index contributed by atoms with van der Waals surface area (Å²) in [7, 11) is 1.56. The van der Waals surface area contributed by atoms with Gasteiger partial charge < -0.3 is 9.80 Å². The maximum atomic E-state index is 13.1. The van der Waals surface area contributed by atoms with E-state index in [9.17, 15) is 9.59 Å². The van der Waals surface area contributed by atoms with Gasteiger partial charge in [0.15, 0.2) is 11.4 Å². The van der Waals surface area contributed by atoms with Crippen LogP contribution >= 0.6 is 0 Å². The molecular weight excluding hydrogens is 354 g/mol. The van der Waals surface area contributed by atoms with Crippen molar-refractivity contribution in [3.8, 4) is 0 Å². The van der Waals surface area contributed by atoms with Crippen molar-refractivity contribution in [2.75, 3.05) is 31.1 Å². The Balaban J connectivity index is 1.57. The van der Waals surface area contributed by atoms with Crippen molar-refractivity contribution in [1.29, 1.82) is 0 Å². The second kappa shape index (κ2) is 7.16. The van der Waals surface area contributed by atoms with Gasteiger partial charge in [0.05, 0.1) is 12.0 Å². The van der Waals surface area contributed by atoms with E-state index in [0.29, 0.717) is 48.3 Å². The van der Waals surface area contributed by atoms with E-state index >= 15 is 0 Å². The highest BCUT2D eigenvalue weighted by atomic mass is 16.2. The van der Waals surface area contributed by atoms with Crippen molar-refractivity contribution < 1.29 is 4.79 Å². The minimum atomic E-state index is -0.211. The highest BCUT2D eigenvalue weighted by molar-refractivity contribution is 6.04. The van der Waals surface area contributed by atoms with Gasteiger partial charge in [-0.15, -0.1) is 0 Å². The summed E-state index contributed by atoms with van der Waals surface area (Å²) in [6, 6.07) is 14.6. The Morgan fingerprint density at radius 3 is 2.46 bits per heavy atom. The SMILES string of the molecule is [C-]#[N+]c1cccc(N2CCN(C(=O)c3nn(C)c(=O)c4ccccc34)CC2)c1. The summed E-state index contributed by atoms with van der Waals surface area (Å²) in [6.45, 7) is 9.62. The molecule has 28 heavy (non-hydrogen) atoms. The predicted molar refractivity (Wildman–Crippen MR) is 108 cm³/mol. The van der Waals surface area contributed by atoms with Gasteiger partial charge >= 0.3 is 0 Å². The zero-order valence-corrected chi connectivity index (χ0v) is 15.5. The molecule has 0 aliphatic carbocycles. The molecule has 0 N–H and O–H groups in total. The number of nitrogens with zero attached hydrogens (tertiary/aromatic N) is 5. The maximum Gasteiger partial charge on any atom is 0.275 e. The fraction of sp³-hybridized carbons (Fsp3) is 0.238. The van der Waals surface area contributed by atoms with E-state index in [1.54, 1.807) is 36.2 Å². The van der Waals surface area contributed by atoms with Crippen LogP contribution in [0, 0.1) is 6.57 Å². The number of aromatic nitrogens is 2. The van der Waals surface area contributed by atoms with Gasteiger partial charge in [-0.05, 0) is 18.2 Å². The zero-order valence-electron chi connectivity index (χ0n) is 15.5. The fourth-order valence-electron chi connectivity index (χ4n) is 3.53. The van der Waals surface area contributed by atoms with Gasteiger partial charge in [0.2, 0.25) is 0 Å². The number of hydrogen-bond donors (Lipinski definition) is 0. The highest BCUT2D eigenvalue weighted by Crippen LogP contribution is 2.23. The molecule has 4 rings (SSSR count). The number of rotatable bonds is 2. The third-order valence-electron chi connectivity index (χ3n) is 5.05. The summed E-state index contributed by atoms with van der Waals surface area (Å²) in [5, 5.41) is 5.33. The Kier molecular flexibility index (Phi) is 4.53. The minimum absolute atomic E-state index is 0.165. The van der Waals surface area contributed by atoms with E-state index in [4.69, 9.17) is 6.57 Å². The molecule has 1 amide bonds. The molecule has 0 spiro atoms. The van der Waals surface area contributed by atoms with Crippen LogP contribution in [0.3, 0.4) is 0 Å². The van der Waals surface area contributed by atoms with Crippen LogP contribution in [-0.2, 0) is 7.05 Å². The minimum Gasteiger partial charge on any atom is -0.369 e. The number of anilines is 1. The number of piperazine rings is 1. The summed E-state index contributed by atoms with van der Waals surface area (Å²) in [5.41, 5.74) is 1.70. The molecule has 140 valence electrons. The molecule has 0 bridgehead atoms. The first-order chi connectivity index (χ1) is 13.6. The predicted octanol–water partition coefficient (Wildman–Crippen LogP) is 2.45. The Morgan fingerprint density at radius 1 is 1.04 bits per heavy atom. The smallest absolute Gasteiger partial charge is 0.275 e. The normalized spacial score (nSPS) is 14.1. The molecule has 1 saturated heterocycles. The molecule has 1 aliphatic heterocycles. The Bertz CT molecular complexity index is 1150. The number of amides is 1. The molecule has 7 heteroatoms. The highest BCUT2D eigenvalue weighted by Gasteiger charge is 2.25. The lowest BCUT2D eigenvalue weighted by molar-refractivity contribution is 0.0740. The van der Waals surface area contributed by atoms with Crippen LogP contribution in [-0.4, -0.2) is 46.8 Å². The molecular formula is C21H19N5O2. The first-order valence-electron chi connectivity index (χ1n) is 9.06. The molecule has 1 aromatic heterocycles. The Labute approximate surface area is 162 Å². The van der Waals surface area contributed by atoms with Gasteiger partial charge in [-0.1, -0.05) is 30.3 Å². The number of aryl methyl sites for hydroxylation is 1. The number of carbonyl (C=O) groups is 1. The van der Waals surface area contributed by atoms with Crippen LogP contribution in [0.5, 0.6) is 0 Å². The summed E-state index contributed by atoms with van der Waals surface area (Å²) in [4.78, 5) is 32.8. The van der Waals surface area contributed by atoms with E-state index in [1.165, 1.54) is 4.68 Å². The van der Waals surface area contributed by atoms with E-state index in [2.05, 4.69) is 14.8 Å². The third kappa shape index (κ3) is 3.09. The topological polar surface area (TPSA) is 62.8 Å². The van der Waals surface area contributed by atoms with Gasteiger partial charge in [0.1, 0.15) is 0 Å². The van der Waals surface area contributed by atoms with Gasteiger partial charge in [-0.3, -0.25) is 9.59 Å². The molecule has 1 fully saturated rings. The Morgan fingerprint density at radius 2 is 1.75 bits per heavy atom. The number of carbonyl (C=O) groups excluding carboxylic acids is 1. The van der Waals surface area contributed by atoms with Crippen molar-refractivity contribution >= 4 is 28.1 Å². The monoisotopic (exact) mass is 373 g/mol. The fourth-order valence-corrected chi connectivity index (χ4v) is 3.53. The molecule has 0 unspecified atom stereocenters. The summed E-state index contributed by atoms with van der Waals surface area (Å²) < 4.78 is 1.22. The van der Waals surface area contributed by atoms with Gasteiger partial charge in [0, 0.05) is 44.3 Å². The van der Waals surface area contributed by atoms with E-state index in [1.807, 2.05) is 24.3 Å².